The number of thioether (sulfide) groups is 1. The van der Waals surface area contributed by atoms with Gasteiger partial charge in [-0.1, -0.05) is 54.6 Å². The second-order valence-corrected chi connectivity index (χ2v) is 10.8. The Hall–Kier alpha value is -2.43. The van der Waals surface area contributed by atoms with Gasteiger partial charge < -0.3 is 9.64 Å². The molecule has 3 aliphatic heterocycles. The molecule has 2 atom stereocenters. The summed E-state index contributed by atoms with van der Waals surface area (Å²) in [4.78, 5) is 6.97. The molecule has 0 aliphatic carbocycles. The monoisotopic (exact) mass is 470 g/mol. The van der Waals surface area contributed by atoms with Crippen LogP contribution in [-0.4, -0.2) is 42.9 Å². The molecule has 0 bridgehead atoms. The Kier molecular flexibility index (Phi) is 6.28. The van der Waals surface area contributed by atoms with Gasteiger partial charge in [0.05, 0.1) is 6.61 Å². The lowest BCUT2D eigenvalue weighted by molar-refractivity contribution is 0.279. The van der Waals surface area contributed by atoms with Crippen LogP contribution in [0.1, 0.15) is 43.2 Å². The number of ether oxygens (including phenoxy) is 1. The first-order chi connectivity index (χ1) is 16.8. The van der Waals surface area contributed by atoms with Crippen LogP contribution in [0.25, 0.3) is 11.1 Å². The van der Waals surface area contributed by atoms with E-state index in [9.17, 15) is 0 Å². The first-order valence-electron chi connectivity index (χ1n) is 12.9. The molecule has 3 nitrogen and oxygen atoms in total. The zero-order valence-electron chi connectivity index (χ0n) is 20.1. The fourth-order valence-corrected chi connectivity index (χ4v) is 7.38. The quantitative estimate of drug-likeness (QED) is 0.406. The van der Waals surface area contributed by atoms with E-state index in [2.05, 4.69) is 95.2 Å². The van der Waals surface area contributed by atoms with Crippen molar-refractivity contribution in [1.29, 1.82) is 0 Å². The molecular weight excluding hydrogens is 436 g/mol. The summed E-state index contributed by atoms with van der Waals surface area (Å²) in [6.45, 7) is 7.20. The average Bonchev–Trinajstić information content (AvgIpc) is 3.01. The smallest absolute Gasteiger partial charge is 0.127 e. The Morgan fingerprint density at radius 2 is 1.74 bits per heavy atom. The molecule has 1 fully saturated rings. The Morgan fingerprint density at radius 1 is 0.882 bits per heavy atom. The van der Waals surface area contributed by atoms with Crippen molar-refractivity contribution in [2.24, 2.45) is 0 Å². The van der Waals surface area contributed by atoms with Gasteiger partial charge in [0.15, 0.2) is 0 Å². The van der Waals surface area contributed by atoms with E-state index in [-0.39, 0.29) is 0 Å². The van der Waals surface area contributed by atoms with Crippen LogP contribution in [0.4, 0.5) is 5.69 Å². The topological polar surface area (TPSA) is 15.7 Å². The maximum Gasteiger partial charge on any atom is 0.127 e. The largest absolute Gasteiger partial charge is 0.493 e. The van der Waals surface area contributed by atoms with Crippen LogP contribution in [-0.2, 0) is 6.54 Å². The maximum absolute atomic E-state index is 6.09. The highest BCUT2D eigenvalue weighted by Crippen LogP contribution is 2.55. The first kappa shape index (κ1) is 22.1. The van der Waals surface area contributed by atoms with Gasteiger partial charge in [-0.15, -0.1) is 11.8 Å². The van der Waals surface area contributed by atoms with E-state index < -0.39 is 0 Å². The zero-order chi connectivity index (χ0) is 22.9. The number of fused-ring (bicyclic) bond motifs is 3. The number of anilines is 1. The summed E-state index contributed by atoms with van der Waals surface area (Å²) >= 11 is 2.07. The van der Waals surface area contributed by atoms with Crippen LogP contribution < -0.4 is 9.64 Å². The van der Waals surface area contributed by atoms with Crippen molar-refractivity contribution in [3.63, 3.8) is 0 Å². The molecule has 3 heterocycles. The van der Waals surface area contributed by atoms with Crippen molar-refractivity contribution in [2.75, 3.05) is 36.9 Å². The van der Waals surface area contributed by atoms with Crippen LogP contribution in [0.2, 0.25) is 0 Å². The van der Waals surface area contributed by atoms with Gasteiger partial charge >= 0.3 is 0 Å². The highest BCUT2D eigenvalue weighted by atomic mass is 32.2. The molecule has 3 aliphatic rings. The minimum Gasteiger partial charge on any atom is -0.493 e. The normalized spacial score (nSPS) is 22.0. The zero-order valence-corrected chi connectivity index (χ0v) is 20.9. The molecule has 3 aromatic carbocycles. The van der Waals surface area contributed by atoms with E-state index >= 15 is 0 Å². The lowest BCUT2D eigenvalue weighted by Crippen LogP contribution is -2.35. The Balaban J connectivity index is 1.39. The van der Waals surface area contributed by atoms with Crippen molar-refractivity contribution >= 4 is 17.4 Å². The van der Waals surface area contributed by atoms with E-state index in [0.29, 0.717) is 18.6 Å². The predicted octanol–water partition coefficient (Wildman–Crippen LogP) is 6.82. The van der Waals surface area contributed by atoms with Gasteiger partial charge in [-0.05, 0) is 55.2 Å². The molecule has 3 aromatic rings. The highest BCUT2D eigenvalue weighted by molar-refractivity contribution is 7.99. The number of hydrogen-bond acceptors (Lipinski definition) is 4. The molecule has 0 radical (unpaired) electrons. The fourth-order valence-electron chi connectivity index (χ4n) is 6.28. The number of hydrogen-bond donors (Lipinski definition) is 0. The highest BCUT2D eigenvalue weighted by Gasteiger charge is 2.43. The Bertz CT molecular complexity index is 1150. The van der Waals surface area contributed by atoms with E-state index in [0.717, 1.165) is 25.4 Å². The molecule has 0 spiro atoms. The minimum atomic E-state index is 0.605. The summed E-state index contributed by atoms with van der Waals surface area (Å²) < 4.78 is 6.09. The van der Waals surface area contributed by atoms with E-state index in [1.807, 2.05) is 0 Å². The third-order valence-electron chi connectivity index (χ3n) is 7.74. The van der Waals surface area contributed by atoms with Crippen molar-refractivity contribution in [2.45, 2.75) is 49.6 Å². The SMILES string of the molecule is CCOc1ccccc1-c1ccc2c3c1N1CCN(Cc4ccccc4)CCC1C3CCCS2. The third-order valence-corrected chi connectivity index (χ3v) is 8.90. The Morgan fingerprint density at radius 3 is 2.62 bits per heavy atom. The van der Waals surface area contributed by atoms with Crippen molar-refractivity contribution in [3.8, 4) is 16.9 Å². The standard InChI is InChI=1S/C30H34N2OS/c1-2-33-27-13-7-6-11-23(27)24-14-15-28-29-25(12-8-20-34-28)26-16-17-31(18-19-32(26)30(24)29)21-22-9-4-3-5-10-22/h3-7,9-11,13-15,25-26H,2,8,12,16-21H2,1H3. The molecule has 0 amide bonds. The van der Waals surface area contributed by atoms with Gasteiger partial charge in [-0.2, -0.15) is 0 Å². The number of para-hydroxylation sites is 1. The van der Waals surface area contributed by atoms with Gasteiger partial charge in [-0.3, -0.25) is 4.90 Å². The average molecular weight is 471 g/mol. The van der Waals surface area contributed by atoms with Gasteiger partial charge in [0, 0.05) is 59.8 Å². The van der Waals surface area contributed by atoms with Gasteiger partial charge in [0.25, 0.3) is 0 Å². The van der Waals surface area contributed by atoms with Gasteiger partial charge in [0.2, 0.25) is 0 Å². The summed E-state index contributed by atoms with van der Waals surface area (Å²) in [6, 6.07) is 24.9. The number of benzene rings is 3. The summed E-state index contributed by atoms with van der Waals surface area (Å²) in [6.07, 6.45) is 3.86. The Labute approximate surface area is 208 Å². The van der Waals surface area contributed by atoms with E-state index in [1.54, 1.807) is 5.56 Å². The van der Waals surface area contributed by atoms with Crippen LogP contribution in [0.5, 0.6) is 5.75 Å². The molecule has 0 aromatic heterocycles. The second-order valence-electron chi connectivity index (χ2n) is 9.71. The van der Waals surface area contributed by atoms with E-state index in [4.69, 9.17) is 4.74 Å². The second kappa shape index (κ2) is 9.67. The molecule has 4 heteroatoms. The lowest BCUT2D eigenvalue weighted by Gasteiger charge is -2.29. The fraction of sp³-hybridized carbons (Fsp3) is 0.400. The van der Waals surface area contributed by atoms with Crippen LogP contribution in [0, 0.1) is 0 Å². The molecule has 0 N–H and O–H groups in total. The molecule has 34 heavy (non-hydrogen) atoms. The van der Waals surface area contributed by atoms with Crippen LogP contribution in [0.3, 0.4) is 0 Å². The first-order valence-corrected chi connectivity index (χ1v) is 13.9. The summed E-state index contributed by atoms with van der Waals surface area (Å²) in [5, 5.41) is 0. The molecule has 0 saturated carbocycles. The summed E-state index contributed by atoms with van der Waals surface area (Å²) in [5.41, 5.74) is 7.14. The maximum atomic E-state index is 6.09. The molecule has 2 unspecified atom stereocenters. The van der Waals surface area contributed by atoms with Crippen molar-refractivity contribution < 1.29 is 4.74 Å². The van der Waals surface area contributed by atoms with Crippen molar-refractivity contribution in [3.05, 3.63) is 77.9 Å². The molecule has 6 rings (SSSR count). The van der Waals surface area contributed by atoms with Crippen molar-refractivity contribution in [1.82, 2.24) is 4.90 Å². The van der Waals surface area contributed by atoms with Gasteiger partial charge in [0.1, 0.15) is 5.75 Å². The molecule has 1 saturated heterocycles. The minimum absolute atomic E-state index is 0.605. The van der Waals surface area contributed by atoms with Gasteiger partial charge in [-0.25, -0.2) is 0 Å². The molecular formula is C30H34N2OS. The lowest BCUT2D eigenvalue weighted by atomic mass is 9.88. The van der Waals surface area contributed by atoms with Crippen LogP contribution >= 0.6 is 11.8 Å². The van der Waals surface area contributed by atoms with E-state index in [1.165, 1.54) is 58.8 Å². The third kappa shape index (κ3) is 4.01. The summed E-state index contributed by atoms with van der Waals surface area (Å²) in [5.74, 6) is 2.89. The molecule has 176 valence electrons. The number of nitrogens with zero attached hydrogens (tertiary/aromatic N) is 2. The predicted molar refractivity (Wildman–Crippen MR) is 143 cm³/mol. The summed E-state index contributed by atoms with van der Waals surface area (Å²) in [7, 11) is 0. The number of rotatable bonds is 5. The van der Waals surface area contributed by atoms with Crippen LogP contribution in [0.15, 0.2) is 71.6 Å².